The van der Waals surface area contributed by atoms with E-state index in [-0.39, 0.29) is 6.54 Å². The number of carbonyl (C=O) groups excluding carboxylic acids is 2. The van der Waals surface area contributed by atoms with Gasteiger partial charge in [0.05, 0.1) is 18.4 Å². The second kappa shape index (κ2) is 8.09. The first-order valence-corrected chi connectivity index (χ1v) is 8.75. The van der Waals surface area contributed by atoms with E-state index in [1.807, 2.05) is 0 Å². The average molecular weight is 391 g/mol. The maximum Gasteiger partial charge on any atom is 0.255 e. The van der Waals surface area contributed by atoms with Crippen LogP contribution >= 0.6 is 11.3 Å². The number of hydrogen-bond acceptors (Lipinski definition) is 5. The standard InChI is InChI=1S/C18H15F2N3O3S/c1-10-13(4-5-26-10)17(25)21-9-16(24)23-18-22-8-12(27-18)6-11-2-3-14(19)15(20)7-11/h2-5,7-8H,6,9H2,1H3,(H,21,25)(H,22,23,24). The van der Waals surface area contributed by atoms with Crippen LogP contribution in [0.15, 0.2) is 41.1 Å². The first-order valence-electron chi connectivity index (χ1n) is 7.93. The van der Waals surface area contributed by atoms with Crippen molar-refractivity contribution in [1.82, 2.24) is 10.3 Å². The molecular weight excluding hydrogens is 376 g/mol. The molecule has 3 aromatic rings. The Hall–Kier alpha value is -3.07. The summed E-state index contributed by atoms with van der Waals surface area (Å²) in [5.41, 5.74) is 0.962. The highest BCUT2D eigenvalue weighted by Crippen LogP contribution is 2.22. The van der Waals surface area contributed by atoms with Gasteiger partial charge in [-0.1, -0.05) is 6.07 Å². The zero-order valence-electron chi connectivity index (χ0n) is 14.2. The Labute approximate surface area is 157 Å². The van der Waals surface area contributed by atoms with Crippen LogP contribution in [0.25, 0.3) is 0 Å². The zero-order chi connectivity index (χ0) is 19.4. The van der Waals surface area contributed by atoms with E-state index in [0.717, 1.165) is 17.0 Å². The third-order valence-corrected chi connectivity index (χ3v) is 4.59. The minimum atomic E-state index is -0.908. The predicted octanol–water partition coefficient (Wildman–Crippen LogP) is 3.28. The molecule has 1 aromatic carbocycles. The number of amides is 2. The largest absolute Gasteiger partial charge is 0.469 e. The van der Waals surface area contributed by atoms with Crippen LogP contribution in [0.2, 0.25) is 0 Å². The van der Waals surface area contributed by atoms with Crippen LogP contribution in [-0.2, 0) is 11.2 Å². The molecule has 27 heavy (non-hydrogen) atoms. The molecule has 0 saturated heterocycles. The van der Waals surface area contributed by atoms with Crippen LogP contribution < -0.4 is 10.6 Å². The topological polar surface area (TPSA) is 84.2 Å². The Bertz CT molecular complexity index is 984. The lowest BCUT2D eigenvalue weighted by atomic mass is 10.1. The Morgan fingerprint density at radius 3 is 2.74 bits per heavy atom. The van der Waals surface area contributed by atoms with E-state index in [9.17, 15) is 18.4 Å². The number of rotatable bonds is 6. The summed E-state index contributed by atoms with van der Waals surface area (Å²) in [6.45, 7) is 1.43. The number of furan rings is 1. The lowest BCUT2D eigenvalue weighted by Gasteiger charge is -2.04. The molecule has 0 unspecified atom stereocenters. The van der Waals surface area contributed by atoms with E-state index in [2.05, 4.69) is 15.6 Å². The molecule has 2 aromatic heterocycles. The van der Waals surface area contributed by atoms with Gasteiger partial charge in [-0.3, -0.25) is 9.59 Å². The summed E-state index contributed by atoms with van der Waals surface area (Å²) in [7, 11) is 0. The first kappa shape index (κ1) is 18.7. The smallest absolute Gasteiger partial charge is 0.255 e. The van der Waals surface area contributed by atoms with Crippen LogP contribution in [0.5, 0.6) is 0 Å². The molecule has 2 N–H and O–H groups in total. The van der Waals surface area contributed by atoms with E-state index in [0.29, 0.717) is 28.4 Å². The van der Waals surface area contributed by atoms with E-state index in [1.165, 1.54) is 29.7 Å². The molecule has 0 saturated carbocycles. The second-order valence-corrected chi connectivity index (χ2v) is 6.79. The molecule has 0 atom stereocenters. The van der Waals surface area contributed by atoms with Gasteiger partial charge in [-0.15, -0.1) is 11.3 Å². The summed E-state index contributed by atoms with van der Waals surface area (Å²) in [6, 6.07) is 5.21. The van der Waals surface area contributed by atoms with E-state index in [1.54, 1.807) is 13.1 Å². The number of anilines is 1. The average Bonchev–Trinajstić information content (AvgIpc) is 3.25. The number of halogens is 2. The van der Waals surface area contributed by atoms with Crippen LogP contribution in [0.4, 0.5) is 13.9 Å². The van der Waals surface area contributed by atoms with Gasteiger partial charge in [-0.25, -0.2) is 13.8 Å². The SMILES string of the molecule is Cc1occc1C(=O)NCC(=O)Nc1ncc(Cc2ccc(F)c(F)c2)s1. The van der Waals surface area contributed by atoms with Gasteiger partial charge in [-0.2, -0.15) is 0 Å². The number of nitrogens with zero attached hydrogens (tertiary/aromatic N) is 1. The molecule has 9 heteroatoms. The van der Waals surface area contributed by atoms with Crippen molar-refractivity contribution in [3.8, 4) is 0 Å². The number of aryl methyl sites for hydroxylation is 1. The van der Waals surface area contributed by atoms with Gasteiger partial charge in [0.15, 0.2) is 16.8 Å². The molecule has 0 aliphatic rings. The number of nitrogens with one attached hydrogen (secondary N) is 2. The molecule has 0 spiro atoms. The fourth-order valence-electron chi connectivity index (χ4n) is 2.34. The predicted molar refractivity (Wildman–Crippen MR) is 95.7 cm³/mol. The zero-order valence-corrected chi connectivity index (χ0v) is 15.0. The number of benzene rings is 1. The molecule has 2 amide bonds. The van der Waals surface area contributed by atoms with E-state index >= 15 is 0 Å². The van der Waals surface area contributed by atoms with Crippen LogP contribution in [0.3, 0.4) is 0 Å². The Kier molecular flexibility index (Phi) is 5.60. The number of hydrogen-bond donors (Lipinski definition) is 2. The lowest BCUT2D eigenvalue weighted by molar-refractivity contribution is -0.115. The third-order valence-electron chi connectivity index (χ3n) is 3.68. The van der Waals surface area contributed by atoms with E-state index < -0.39 is 23.4 Å². The molecule has 6 nitrogen and oxygen atoms in total. The molecular formula is C18H15F2N3O3S. The van der Waals surface area contributed by atoms with Gasteiger partial charge in [0.2, 0.25) is 5.91 Å². The minimum absolute atomic E-state index is 0.221. The summed E-state index contributed by atoms with van der Waals surface area (Å²) in [6.07, 6.45) is 3.31. The van der Waals surface area contributed by atoms with Gasteiger partial charge in [0, 0.05) is 17.5 Å². The van der Waals surface area contributed by atoms with Gasteiger partial charge in [0.1, 0.15) is 5.76 Å². The quantitative estimate of drug-likeness (QED) is 0.675. The molecule has 0 aliphatic carbocycles. The monoisotopic (exact) mass is 391 g/mol. The van der Waals surface area contributed by atoms with Crippen molar-refractivity contribution in [1.29, 1.82) is 0 Å². The van der Waals surface area contributed by atoms with Crippen molar-refractivity contribution in [3.63, 3.8) is 0 Å². The molecule has 0 bridgehead atoms. The first-order chi connectivity index (χ1) is 12.9. The molecule has 2 heterocycles. The van der Waals surface area contributed by atoms with Crippen molar-refractivity contribution < 1.29 is 22.8 Å². The highest BCUT2D eigenvalue weighted by molar-refractivity contribution is 7.15. The van der Waals surface area contributed by atoms with Crippen molar-refractivity contribution >= 4 is 28.3 Å². The summed E-state index contributed by atoms with van der Waals surface area (Å²) in [4.78, 5) is 28.7. The number of thiazole rings is 1. The lowest BCUT2D eigenvalue weighted by Crippen LogP contribution is -2.32. The Morgan fingerprint density at radius 2 is 2.04 bits per heavy atom. The highest BCUT2D eigenvalue weighted by atomic mass is 32.1. The van der Waals surface area contributed by atoms with Crippen molar-refractivity contribution in [2.45, 2.75) is 13.3 Å². The van der Waals surface area contributed by atoms with Crippen molar-refractivity contribution in [2.75, 3.05) is 11.9 Å². The van der Waals surface area contributed by atoms with E-state index in [4.69, 9.17) is 4.42 Å². The Morgan fingerprint density at radius 1 is 1.22 bits per heavy atom. The number of aromatic nitrogens is 1. The van der Waals surface area contributed by atoms with Gasteiger partial charge in [-0.05, 0) is 30.7 Å². The van der Waals surface area contributed by atoms with Crippen molar-refractivity contribution in [3.05, 3.63) is 70.1 Å². The third kappa shape index (κ3) is 4.76. The van der Waals surface area contributed by atoms with Crippen LogP contribution in [-0.4, -0.2) is 23.3 Å². The molecule has 140 valence electrons. The summed E-state index contributed by atoms with van der Waals surface area (Å²) < 4.78 is 31.3. The normalized spacial score (nSPS) is 10.6. The fourth-order valence-corrected chi connectivity index (χ4v) is 3.20. The summed E-state index contributed by atoms with van der Waals surface area (Å²) >= 11 is 1.21. The van der Waals surface area contributed by atoms with Crippen LogP contribution in [0.1, 0.15) is 26.6 Å². The minimum Gasteiger partial charge on any atom is -0.469 e. The molecule has 3 rings (SSSR count). The fraction of sp³-hybridized carbons (Fsp3) is 0.167. The summed E-state index contributed by atoms with van der Waals surface area (Å²) in [5, 5.41) is 5.43. The highest BCUT2D eigenvalue weighted by Gasteiger charge is 2.13. The molecule has 0 radical (unpaired) electrons. The molecule has 0 aliphatic heterocycles. The maximum atomic E-state index is 13.3. The second-order valence-electron chi connectivity index (χ2n) is 5.68. The van der Waals surface area contributed by atoms with Gasteiger partial charge in [0.25, 0.3) is 5.91 Å². The van der Waals surface area contributed by atoms with Gasteiger partial charge < -0.3 is 15.1 Å². The Balaban J connectivity index is 1.52. The maximum absolute atomic E-state index is 13.3. The van der Waals surface area contributed by atoms with Gasteiger partial charge >= 0.3 is 0 Å². The van der Waals surface area contributed by atoms with Crippen LogP contribution in [0, 0.1) is 18.6 Å². The molecule has 0 fully saturated rings. The van der Waals surface area contributed by atoms with Crippen molar-refractivity contribution in [2.24, 2.45) is 0 Å². The number of carbonyl (C=O) groups is 2. The summed E-state index contributed by atoms with van der Waals surface area (Å²) in [5.74, 6) is -2.18.